The number of hydrogen-bond donors (Lipinski definition) is 1. The Bertz CT molecular complexity index is 751. The van der Waals surface area contributed by atoms with E-state index >= 15 is 0 Å². The van der Waals surface area contributed by atoms with Crippen LogP contribution in [-0.4, -0.2) is 16.2 Å². The van der Waals surface area contributed by atoms with Crippen LogP contribution < -0.4 is 15.2 Å². The molecule has 0 bridgehead atoms. The third-order valence-corrected chi connectivity index (χ3v) is 2.72. The monoisotopic (exact) mass is 302 g/mol. The van der Waals surface area contributed by atoms with E-state index < -0.39 is 5.56 Å². The highest BCUT2D eigenvalue weighted by Gasteiger charge is 2.16. The van der Waals surface area contributed by atoms with Crippen LogP contribution in [0.1, 0.15) is 0 Å². The van der Waals surface area contributed by atoms with Crippen molar-refractivity contribution in [1.29, 1.82) is 0 Å². The highest BCUT2D eigenvalue weighted by molar-refractivity contribution is 6.32. The van der Waals surface area contributed by atoms with E-state index in [0.717, 1.165) is 0 Å². The van der Waals surface area contributed by atoms with Gasteiger partial charge in [0.1, 0.15) is 0 Å². The van der Waals surface area contributed by atoms with E-state index in [0.29, 0.717) is 12.2 Å². The van der Waals surface area contributed by atoms with Crippen LogP contribution in [0.25, 0.3) is 5.95 Å². The van der Waals surface area contributed by atoms with Crippen molar-refractivity contribution in [3.8, 4) is 5.95 Å². The zero-order valence-corrected chi connectivity index (χ0v) is 11.6. The van der Waals surface area contributed by atoms with E-state index in [-0.39, 0.29) is 10.8 Å². The maximum absolute atomic E-state index is 11.8. The van der Waals surface area contributed by atoms with Crippen molar-refractivity contribution >= 4 is 23.6 Å². The first-order valence-corrected chi connectivity index (χ1v) is 6.34. The van der Waals surface area contributed by atoms with Crippen molar-refractivity contribution in [2.75, 3.05) is 0 Å². The quantitative estimate of drug-likeness (QED) is 0.393. The molecular formula is C14H11ClN4O2. The van der Waals surface area contributed by atoms with Gasteiger partial charge in [0.2, 0.25) is 0 Å². The predicted molar refractivity (Wildman–Crippen MR) is 77.8 cm³/mol. The summed E-state index contributed by atoms with van der Waals surface area (Å²) >= 11 is 5.88. The molecule has 0 aliphatic rings. The molecule has 0 saturated carbocycles. The van der Waals surface area contributed by atoms with Gasteiger partial charge < -0.3 is 5.11 Å². The summed E-state index contributed by atoms with van der Waals surface area (Å²) in [6.45, 7) is 0. The van der Waals surface area contributed by atoms with Crippen molar-refractivity contribution in [2.24, 2.45) is 4.99 Å². The lowest BCUT2D eigenvalue weighted by atomic mass is 10.5. The first-order valence-electron chi connectivity index (χ1n) is 5.96. The van der Waals surface area contributed by atoms with E-state index in [4.69, 9.17) is 11.6 Å². The number of H-pyrrole nitrogens is 1. The van der Waals surface area contributed by atoms with Gasteiger partial charge in [0, 0.05) is 6.21 Å². The summed E-state index contributed by atoms with van der Waals surface area (Å²) in [5.41, 5.74) is -0.478. The summed E-state index contributed by atoms with van der Waals surface area (Å²) in [4.78, 5) is 22.5. The fourth-order valence-electron chi connectivity index (χ4n) is 1.46. The van der Waals surface area contributed by atoms with Gasteiger partial charge in [-0.2, -0.15) is 0 Å². The molecule has 0 aromatic carbocycles. The lowest BCUT2D eigenvalue weighted by molar-refractivity contribution is -0.603. The lowest BCUT2D eigenvalue weighted by Gasteiger charge is -1.97. The number of hydrogen-bond acceptors (Lipinski definition) is 4. The summed E-state index contributed by atoms with van der Waals surface area (Å²) in [5, 5.41) is 10.0. The van der Waals surface area contributed by atoms with Crippen LogP contribution in [0.15, 0.2) is 64.9 Å². The number of aromatic amines is 1. The van der Waals surface area contributed by atoms with Crippen LogP contribution in [0.5, 0.6) is 0 Å². The first kappa shape index (κ1) is 14.7. The number of rotatable bonds is 4. The van der Waals surface area contributed by atoms with Crippen LogP contribution in [0.3, 0.4) is 0 Å². The third kappa shape index (κ3) is 3.87. The summed E-state index contributed by atoms with van der Waals surface area (Å²) in [5.74, 6) is 0.406. The minimum Gasteiger partial charge on any atom is -0.878 e. The second-order valence-corrected chi connectivity index (χ2v) is 4.18. The molecule has 0 radical (unpaired) electrons. The largest absolute Gasteiger partial charge is 0.878 e. The van der Waals surface area contributed by atoms with Gasteiger partial charge in [0.05, 0.1) is 12.4 Å². The zero-order valence-electron chi connectivity index (χ0n) is 10.8. The number of aliphatic imine (C=N–C) groups is 1. The Morgan fingerprint density at radius 2 is 2.00 bits per heavy atom. The van der Waals surface area contributed by atoms with Gasteiger partial charge in [-0.3, -0.25) is 0 Å². The molecule has 0 atom stereocenters. The number of halogens is 1. The molecule has 0 unspecified atom stereocenters. The molecule has 21 heavy (non-hydrogen) atoms. The van der Waals surface area contributed by atoms with Crippen LogP contribution in [-0.2, 0) is 0 Å². The van der Waals surface area contributed by atoms with Gasteiger partial charge in [0.25, 0.3) is 5.82 Å². The van der Waals surface area contributed by atoms with E-state index in [2.05, 4.69) is 15.0 Å². The van der Waals surface area contributed by atoms with Crippen molar-refractivity contribution in [3.05, 3.63) is 70.5 Å². The lowest BCUT2D eigenvalue weighted by Crippen LogP contribution is -2.34. The Morgan fingerprint density at radius 1 is 1.24 bits per heavy atom. The average Bonchev–Trinajstić information content (AvgIpc) is 2.51. The summed E-state index contributed by atoms with van der Waals surface area (Å²) < 4.78 is 1.63. The molecule has 2 aromatic rings. The Morgan fingerprint density at radius 3 is 2.71 bits per heavy atom. The Labute approximate surface area is 125 Å². The average molecular weight is 303 g/mol. The highest BCUT2D eigenvalue weighted by atomic mass is 35.5. The van der Waals surface area contributed by atoms with Crippen LogP contribution in [0, 0.1) is 0 Å². The minimum atomic E-state index is -0.478. The van der Waals surface area contributed by atoms with Crippen molar-refractivity contribution < 1.29 is 9.67 Å². The maximum Gasteiger partial charge on any atom is 0.405 e. The second-order valence-electron chi connectivity index (χ2n) is 3.80. The molecule has 6 nitrogen and oxygen atoms in total. The van der Waals surface area contributed by atoms with Crippen LogP contribution >= 0.6 is 11.6 Å². The number of nitrogens with zero attached hydrogens (tertiary/aromatic N) is 3. The van der Waals surface area contributed by atoms with Crippen LogP contribution in [0.4, 0.5) is 5.82 Å². The summed E-state index contributed by atoms with van der Waals surface area (Å²) in [6.07, 6.45) is 9.86. The smallest absolute Gasteiger partial charge is 0.405 e. The predicted octanol–water partition coefficient (Wildman–Crippen LogP) is 0.832. The SMILES string of the molecule is O=c1[nH]c(-[n+]2ccccc2)nc(\N=C/C=C/C=C/[O-])c1Cl. The topological polar surface area (TPSA) is 85.0 Å². The number of aromatic nitrogens is 3. The Balaban J connectivity index is 2.38. The van der Waals surface area contributed by atoms with E-state index in [1.807, 2.05) is 6.07 Å². The molecule has 0 saturated heterocycles. The van der Waals surface area contributed by atoms with Gasteiger partial charge in [-0.05, 0) is 23.2 Å². The molecule has 2 rings (SSSR count). The normalized spacial score (nSPS) is 11.9. The van der Waals surface area contributed by atoms with Gasteiger partial charge >= 0.3 is 11.5 Å². The fourth-order valence-corrected chi connectivity index (χ4v) is 1.59. The standard InChI is InChI=1S/C14H11ClN4O2/c15-11-12(16-7-3-1-6-10-20)17-14(18-13(11)21)19-8-4-2-5-9-19/h1-10H,(H-,16,17,18,20,21). The number of allylic oxidation sites excluding steroid dienone is 3. The molecular weight excluding hydrogens is 292 g/mol. The Kier molecular flexibility index (Phi) is 5.00. The van der Waals surface area contributed by atoms with Gasteiger partial charge in [-0.25, -0.2) is 19.3 Å². The third-order valence-electron chi connectivity index (χ3n) is 2.38. The van der Waals surface area contributed by atoms with Crippen molar-refractivity contribution in [3.63, 3.8) is 0 Å². The molecule has 106 valence electrons. The molecule has 7 heteroatoms. The minimum absolute atomic E-state index is 0.0979. The molecule has 0 fully saturated rings. The molecule has 0 aliphatic carbocycles. The fraction of sp³-hybridized carbons (Fsp3) is 0. The van der Waals surface area contributed by atoms with E-state index in [9.17, 15) is 9.90 Å². The summed E-state index contributed by atoms with van der Waals surface area (Å²) in [6, 6.07) is 5.45. The Hall–Kier alpha value is -2.73. The molecule has 1 N–H and O–H groups in total. The van der Waals surface area contributed by atoms with Crippen LogP contribution in [0.2, 0.25) is 5.02 Å². The van der Waals surface area contributed by atoms with Crippen molar-refractivity contribution in [2.45, 2.75) is 0 Å². The molecule has 2 heterocycles. The molecule has 2 aromatic heterocycles. The van der Waals surface area contributed by atoms with E-state index in [1.165, 1.54) is 24.4 Å². The number of nitrogens with one attached hydrogen (secondary N) is 1. The summed E-state index contributed by atoms with van der Waals surface area (Å²) in [7, 11) is 0. The first-order chi connectivity index (χ1) is 10.2. The van der Waals surface area contributed by atoms with Gasteiger partial charge in [0.15, 0.2) is 5.02 Å². The number of pyridine rings is 1. The maximum atomic E-state index is 11.8. The molecule has 0 spiro atoms. The highest BCUT2D eigenvalue weighted by Crippen LogP contribution is 2.16. The molecule has 0 aliphatic heterocycles. The van der Waals surface area contributed by atoms with Gasteiger partial charge in [-0.15, -0.1) is 6.26 Å². The zero-order chi connectivity index (χ0) is 15.1. The molecule has 0 amide bonds. The second kappa shape index (κ2) is 7.16. The van der Waals surface area contributed by atoms with Crippen molar-refractivity contribution in [1.82, 2.24) is 9.97 Å². The van der Waals surface area contributed by atoms with E-state index in [1.54, 1.807) is 29.1 Å². The van der Waals surface area contributed by atoms with Gasteiger partial charge in [-0.1, -0.05) is 29.8 Å².